The van der Waals surface area contributed by atoms with Crippen LogP contribution < -0.4 is 9.64 Å². The molecule has 0 radical (unpaired) electrons. The summed E-state index contributed by atoms with van der Waals surface area (Å²) in [5.74, 6) is 0.318. The fourth-order valence-electron chi connectivity index (χ4n) is 4.54. The Labute approximate surface area is 232 Å². The number of hydrogen-bond donors (Lipinski definition) is 0. The molecule has 5 rings (SSSR count). The van der Waals surface area contributed by atoms with Crippen LogP contribution in [0.2, 0.25) is 0 Å². The predicted molar refractivity (Wildman–Crippen MR) is 151 cm³/mol. The van der Waals surface area contributed by atoms with Gasteiger partial charge in [0.05, 0.1) is 35.0 Å². The van der Waals surface area contributed by atoms with Gasteiger partial charge >= 0.3 is 0 Å². The van der Waals surface area contributed by atoms with Crippen molar-refractivity contribution in [3.63, 3.8) is 0 Å². The molecule has 2 aromatic heterocycles. The number of hydrogen-bond acceptors (Lipinski definition) is 8. The van der Waals surface area contributed by atoms with Crippen LogP contribution in [0.1, 0.15) is 34.5 Å². The minimum atomic E-state index is -3.73. The highest BCUT2D eigenvalue weighted by molar-refractivity contribution is 7.89. The summed E-state index contributed by atoms with van der Waals surface area (Å²) in [5, 5.41) is 0.501. The Hall–Kier alpha value is -3.38. The number of carbonyl (C=O) groups is 1. The Morgan fingerprint density at radius 3 is 2.62 bits per heavy atom. The third-order valence-electron chi connectivity index (χ3n) is 6.73. The summed E-state index contributed by atoms with van der Waals surface area (Å²) in [4.78, 5) is 24.7. The van der Waals surface area contributed by atoms with E-state index < -0.39 is 10.0 Å². The van der Waals surface area contributed by atoms with E-state index in [1.54, 1.807) is 37.4 Å². The number of benzene rings is 2. The van der Waals surface area contributed by atoms with E-state index in [1.807, 2.05) is 37.3 Å². The van der Waals surface area contributed by atoms with E-state index in [9.17, 15) is 13.2 Å². The molecule has 9 nitrogen and oxygen atoms in total. The average molecular weight is 567 g/mol. The number of rotatable bonds is 9. The molecule has 0 spiro atoms. The zero-order valence-electron chi connectivity index (χ0n) is 22.0. The molecule has 1 amide bonds. The summed E-state index contributed by atoms with van der Waals surface area (Å²) in [6.07, 6.45) is 3.36. The molecule has 11 heteroatoms. The van der Waals surface area contributed by atoms with Crippen molar-refractivity contribution in [2.24, 2.45) is 0 Å². The van der Waals surface area contributed by atoms with E-state index >= 15 is 0 Å². The summed E-state index contributed by atoms with van der Waals surface area (Å²) in [5.41, 5.74) is 2.76. The highest BCUT2D eigenvalue weighted by atomic mass is 32.2. The van der Waals surface area contributed by atoms with Crippen LogP contribution in [-0.2, 0) is 21.3 Å². The summed E-state index contributed by atoms with van der Waals surface area (Å²) in [7, 11) is -0.585. The van der Waals surface area contributed by atoms with Crippen LogP contribution in [0.25, 0.3) is 10.2 Å². The second kappa shape index (κ2) is 11.4. The van der Waals surface area contributed by atoms with Gasteiger partial charge in [-0.3, -0.25) is 14.7 Å². The first-order chi connectivity index (χ1) is 18.8. The fraction of sp³-hybridized carbons (Fsp3) is 0.321. The van der Waals surface area contributed by atoms with Crippen LogP contribution in [0.4, 0.5) is 5.13 Å². The van der Waals surface area contributed by atoms with Crippen molar-refractivity contribution in [1.29, 1.82) is 0 Å². The summed E-state index contributed by atoms with van der Waals surface area (Å²) >= 11 is 1.40. The van der Waals surface area contributed by atoms with Gasteiger partial charge in [0.25, 0.3) is 5.91 Å². The van der Waals surface area contributed by atoms with Gasteiger partial charge in [0, 0.05) is 32.0 Å². The van der Waals surface area contributed by atoms with E-state index in [1.165, 1.54) is 27.8 Å². The van der Waals surface area contributed by atoms with Crippen molar-refractivity contribution < 1.29 is 22.7 Å². The highest BCUT2D eigenvalue weighted by Crippen LogP contribution is 2.37. The molecule has 3 heterocycles. The molecule has 1 unspecified atom stereocenters. The van der Waals surface area contributed by atoms with Crippen molar-refractivity contribution in [2.45, 2.75) is 37.3 Å². The molecular weight excluding hydrogens is 536 g/mol. The standard InChI is InChI=1S/C28H30N4O5S2/c1-19-9-14-24(36-3)25-26(19)38-28(30-25)32(17-21-7-4-5-15-29-21)27(33)20-10-12-23(13-11-20)39(34,35)31(2)18-22-8-6-16-37-22/h4-5,7,9-15,22H,6,8,16-18H2,1-3H3. The van der Waals surface area contributed by atoms with Crippen LogP contribution >= 0.6 is 11.3 Å². The lowest BCUT2D eigenvalue weighted by Crippen LogP contribution is -2.34. The zero-order chi connectivity index (χ0) is 27.6. The van der Waals surface area contributed by atoms with Gasteiger partial charge in [-0.25, -0.2) is 13.4 Å². The second-order valence-electron chi connectivity index (χ2n) is 9.42. The molecule has 0 N–H and O–H groups in total. The number of aryl methyl sites for hydroxylation is 1. The molecule has 204 valence electrons. The predicted octanol–water partition coefficient (Wildman–Crippen LogP) is 4.65. The molecule has 1 fully saturated rings. The van der Waals surface area contributed by atoms with Crippen molar-refractivity contribution >= 4 is 42.6 Å². The molecule has 1 atom stereocenters. The smallest absolute Gasteiger partial charge is 0.260 e. The normalized spacial score (nSPS) is 15.6. The van der Waals surface area contributed by atoms with E-state index in [0.29, 0.717) is 40.8 Å². The number of sulfonamides is 1. The van der Waals surface area contributed by atoms with Crippen molar-refractivity contribution in [1.82, 2.24) is 14.3 Å². The number of thiazole rings is 1. The fourth-order valence-corrected chi connectivity index (χ4v) is 6.79. The lowest BCUT2D eigenvalue weighted by atomic mass is 10.2. The Morgan fingerprint density at radius 2 is 1.95 bits per heavy atom. The summed E-state index contributed by atoms with van der Waals surface area (Å²) < 4.78 is 39.6. The molecular formula is C28H30N4O5S2. The monoisotopic (exact) mass is 566 g/mol. The maximum Gasteiger partial charge on any atom is 0.260 e. The number of likely N-dealkylation sites (N-methyl/N-ethyl adjacent to an activating group) is 1. The van der Waals surface area contributed by atoms with Gasteiger partial charge in [-0.05, 0) is 67.8 Å². The van der Waals surface area contributed by atoms with Crippen LogP contribution in [0.15, 0.2) is 65.7 Å². The summed E-state index contributed by atoms with van der Waals surface area (Å²) in [6.45, 7) is 3.14. The summed E-state index contributed by atoms with van der Waals surface area (Å²) in [6, 6.07) is 15.4. The maximum absolute atomic E-state index is 13.8. The third kappa shape index (κ3) is 5.67. The Kier molecular flexibility index (Phi) is 7.94. The van der Waals surface area contributed by atoms with Crippen LogP contribution in [0, 0.1) is 6.92 Å². The number of fused-ring (bicyclic) bond motifs is 1. The number of carbonyl (C=O) groups excluding carboxylic acids is 1. The molecule has 0 saturated carbocycles. The number of anilines is 1. The number of pyridine rings is 1. The molecule has 39 heavy (non-hydrogen) atoms. The van der Waals surface area contributed by atoms with E-state index in [-0.39, 0.29) is 23.5 Å². The Balaban J connectivity index is 1.46. The molecule has 1 aliphatic heterocycles. The molecule has 0 bridgehead atoms. The van der Waals surface area contributed by atoms with E-state index in [4.69, 9.17) is 14.5 Å². The van der Waals surface area contributed by atoms with Gasteiger partial charge in [-0.15, -0.1) is 0 Å². The van der Waals surface area contributed by atoms with Crippen LogP contribution in [-0.4, -0.2) is 62.0 Å². The van der Waals surface area contributed by atoms with E-state index in [0.717, 1.165) is 23.1 Å². The second-order valence-corrected chi connectivity index (χ2v) is 12.4. The molecule has 2 aromatic carbocycles. The third-order valence-corrected chi connectivity index (χ3v) is 9.78. The van der Waals surface area contributed by atoms with Crippen LogP contribution in [0.5, 0.6) is 5.75 Å². The van der Waals surface area contributed by atoms with Gasteiger partial charge in [-0.1, -0.05) is 23.5 Å². The first-order valence-corrected chi connectivity index (χ1v) is 14.9. The number of aromatic nitrogens is 2. The molecule has 1 aliphatic rings. The number of nitrogens with zero attached hydrogens (tertiary/aromatic N) is 4. The lowest BCUT2D eigenvalue weighted by Gasteiger charge is -2.21. The highest BCUT2D eigenvalue weighted by Gasteiger charge is 2.28. The SMILES string of the molecule is COc1ccc(C)c2sc(N(Cc3ccccn3)C(=O)c3ccc(S(=O)(=O)N(C)CC4CCCO4)cc3)nc12. The Bertz CT molecular complexity index is 1570. The van der Waals surface area contributed by atoms with Gasteiger partial charge in [0.1, 0.15) is 11.3 Å². The lowest BCUT2D eigenvalue weighted by molar-refractivity contribution is 0.0978. The molecule has 0 aliphatic carbocycles. The maximum atomic E-state index is 13.8. The van der Waals surface area contributed by atoms with E-state index in [2.05, 4.69) is 4.98 Å². The van der Waals surface area contributed by atoms with Crippen LogP contribution in [0.3, 0.4) is 0 Å². The first-order valence-electron chi connectivity index (χ1n) is 12.6. The van der Waals surface area contributed by atoms with Crippen molar-refractivity contribution in [3.05, 3.63) is 77.6 Å². The quantitative estimate of drug-likeness (QED) is 0.291. The molecule has 4 aromatic rings. The van der Waals surface area contributed by atoms with Crippen molar-refractivity contribution in [2.75, 3.05) is 32.2 Å². The zero-order valence-corrected chi connectivity index (χ0v) is 23.7. The Morgan fingerprint density at radius 1 is 1.15 bits per heavy atom. The minimum absolute atomic E-state index is 0.0955. The van der Waals surface area contributed by atoms with Gasteiger partial charge in [0.15, 0.2) is 5.13 Å². The largest absolute Gasteiger partial charge is 0.494 e. The number of amides is 1. The first kappa shape index (κ1) is 27.2. The van der Waals surface area contributed by atoms with Gasteiger partial charge in [-0.2, -0.15) is 4.31 Å². The van der Waals surface area contributed by atoms with Gasteiger partial charge in [0.2, 0.25) is 10.0 Å². The topological polar surface area (TPSA) is 102 Å². The van der Waals surface area contributed by atoms with Crippen molar-refractivity contribution in [3.8, 4) is 5.75 Å². The van der Waals surface area contributed by atoms with Gasteiger partial charge < -0.3 is 9.47 Å². The molecule has 1 saturated heterocycles. The average Bonchev–Trinajstić information content (AvgIpc) is 3.63. The number of methoxy groups -OCH3 is 1. The number of ether oxygens (including phenoxy) is 2. The minimum Gasteiger partial charge on any atom is -0.494 e.